The second kappa shape index (κ2) is 6.77. The van der Waals surface area contributed by atoms with Crippen molar-refractivity contribution in [2.75, 3.05) is 6.54 Å². The smallest absolute Gasteiger partial charge is 0.142 e. The van der Waals surface area contributed by atoms with Crippen LogP contribution in [0.15, 0.2) is 36.7 Å². The van der Waals surface area contributed by atoms with Gasteiger partial charge in [0.25, 0.3) is 0 Å². The van der Waals surface area contributed by atoms with E-state index in [0.717, 1.165) is 19.2 Å². The molecule has 2 nitrogen and oxygen atoms in total. The molecular formula is C15H15ClF2N2. The lowest BCUT2D eigenvalue weighted by molar-refractivity contribution is 0.573. The highest BCUT2D eigenvalue weighted by molar-refractivity contribution is 6.30. The van der Waals surface area contributed by atoms with Crippen LogP contribution in [-0.2, 0) is 0 Å². The number of nitrogens with zero attached hydrogens (tertiary/aromatic N) is 1. The van der Waals surface area contributed by atoms with E-state index in [9.17, 15) is 8.78 Å². The molecule has 2 aromatic rings. The Balaban J connectivity index is 2.38. The zero-order valence-corrected chi connectivity index (χ0v) is 11.8. The van der Waals surface area contributed by atoms with Crippen LogP contribution < -0.4 is 5.32 Å². The first kappa shape index (κ1) is 14.9. The number of rotatable bonds is 5. The van der Waals surface area contributed by atoms with Crippen LogP contribution in [0.5, 0.6) is 0 Å². The molecule has 1 atom stereocenters. The van der Waals surface area contributed by atoms with Gasteiger partial charge in [0, 0.05) is 6.20 Å². The van der Waals surface area contributed by atoms with Crippen molar-refractivity contribution in [3.05, 3.63) is 64.4 Å². The number of benzene rings is 1. The fourth-order valence-corrected chi connectivity index (χ4v) is 2.11. The predicted octanol–water partition coefficient (Wildman–Crippen LogP) is 4.10. The topological polar surface area (TPSA) is 24.9 Å². The summed E-state index contributed by atoms with van der Waals surface area (Å²) < 4.78 is 26.9. The highest BCUT2D eigenvalue weighted by Crippen LogP contribution is 2.25. The van der Waals surface area contributed by atoms with E-state index in [0.29, 0.717) is 11.1 Å². The molecule has 0 fully saturated rings. The van der Waals surface area contributed by atoms with Crippen molar-refractivity contribution in [3.63, 3.8) is 0 Å². The van der Waals surface area contributed by atoms with Crippen molar-refractivity contribution in [1.29, 1.82) is 0 Å². The maximum Gasteiger partial charge on any atom is 0.142 e. The first-order valence-electron chi connectivity index (χ1n) is 6.40. The van der Waals surface area contributed by atoms with Crippen LogP contribution in [-0.4, -0.2) is 11.5 Å². The minimum absolute atomic E-state index is 0.0698. The molecule has 20 heavy (non-hydrogen) atoms. The van der Waals surface area contributed by atoms with Gasteiger partial charge in [-0.2, -0.15) is 0 Å². The number of aromatic nitrogens is 1. The van der Waals surface area contributed by atoms with Crippen LogP contribution in [0.25, 0.3) is 0 Å². The zero-order chi connectivity index (χ0) is 14.5. The van der Waals surface area contributed by atoms with Crippen LogP contribution in [0.1, 0.15) is 30.5 Å². The molecule has 2 rings (SSSR count). The molecule has 0 amide bonds. The van der Waals surface area contributed by atoms with Crippen molar-refractivity contribution >= 4 is 11.6 Å². The van der Waals surface area contributed by atoms with Crippen molar-refractivity contribution in [3.8, 4) is 0 Å². The molecule has 0 saturated carbocycles. The Hall–Kier alpha value is -1.52. The lowest BCUT2D eigenvalue weighted by atomic mass is 10.00. The van der Waals surface area contributed by atoms with Gasteiger partial charge in [-0.3, -0.25) is 4.98 Å². The minimum atomic E-state index is -0.489. The third kappa shape index (κ3) is 3.52. The standard InChI is InChI=1S/C15H15ClF2N2/c1-2-5-20-15(11-6-12(17)9-19-8-11)10-3-4-13(16)14(18)7-10/h3-4,6-9,15,20H,2,5H2,1H3. The maximum atomic E-state index is 13.6. The molecule has 0 bridgehead atoms. The van der Waals surface area contributed by atoms with Gasteiger partial charge in [-0.1, -0.05) is 24.6 Å². The summed E-state index contributed by atoms with van der Waals surface area (Å²) in [4.78, 5) is 3.84. The average Bonchev–Trinajstić information content (AvgIpc) is 2.43. The Labute approximate surface area is 121 Å². The Bertz CT molecular complexity index is 590. The molecule has 0 aliphatic carbocycles. The third-order valence-electron chi connectivity index (χ3n) is 2.93. The second-order valence-corrected chi connectivity index (χ2v) is 4.90. The Morgan fingerprint density at radius 3 is 2.65 bits per heavy atom. The molecule has 0 radical (unpaired) electrons. The van der Waals surface area contributed by atoms with Crippen molar-refractivity contribution in [2.24, 2.45) is 0 Å². The first-order chi connectivity index (χ1) is 9.61. The number of halogens is 3. The van der Waals surface area contributed by atoms with Gasteiger partial charge in [-0.05, 0) is 42.3 Å². The summed E-state index contributed by atoms with van der Waals surface area (Å²) in [5.41, 5.74) is 1.34. The van der Waals surface area contributed by atoms with Gasteiger partial charge in [0.15, 0.2) is 0 Å². The average molecular weight is 297 g/mol. The molecule has 1 N–H and O–H groups in total. The molecule has 1 heterocycles. The van der Waals surface area contributed by atoms with Gasteiger partial charge < -0.3 is 5.32 Å². The third-order valence-corrected chi connectivity index (χ3v) is 3.24. The molecule has 5 heteroatoms. The molecule has 0 spiro atoms. The number of hydrogen-bond acceptors (Lipinski definition) is 2. The lowest BCUT2D eigenvalue weighted by Crippen LogP contribution is -2.23. The van der Waals surface area contributed by atoms with Gasteiger partial charge >= 0.3 is 0 Å². The summed E-state index contributed by atoms with van der Waals surface area (Å²) in [5.74, 6) is -0.905. The van der Waals surface area contributed by atoms with Crippen molar-refractivity contribution in [1.82, 2.24) is 10.3 Å². The maximum absolute atomic E-state index is 13.6. The van der Waals surface area contributed by atoms with Crippen LogP contribution in [0.2, 0.25) is 5.02 Å². The normalized spacial score (nSPS) is 12.4. The quantitative estimate of drug-likeness (QED) is 0.898. The lowest BCUT2D eigenvalue weighted by Gasteiger charge is -2.19. The van der Waals surface area contributed by atoms with Gasteiger partial charge in [-0.15, -0.1) is 0 Å². The van der Waals surface area contributed by atoms with E-state index in [1.807, 2.05) is 6.92 Å². The fourth-order valence-electron chi connectivity index (χ4n) is 1.99. The van der Waals surface area contributed by atoms with Crippen molar-refractivity contribution in [2.45, 2.75) is 19.4 Å². The van der Waals surface area contributed by atoms with Gasteiger partial charge in [0.2, 0.25) is 0 Å². The van der Waals surface area contributed by atoms with Crippen molar-refractivity contribution < 1.29 is 8.78 Å². The summed E-state index contributed by atoms with van der Waals surface area (Å²) in [5, 5.41) is 3.33. The largest absolute Gasteiger partial charge is 0.306 e. The van der Waals surface area contributed by atoms with Gasteiger partial charge in [0.05, 0.1) is 17.3 Å². The first-order valence-corrected chi connectivity index (χ1v) is 6.78. The highest BCUT2D eigenvalue weighted by Gasteiger charge is 2.16. The van der Waals surface area contributed by atoms with Crippen LogP contribution >= 0.6 is 11.6 Å². The zero-order valence-electron chi connectivity index (χ0n) is 11.0. The Kier molecular flexibility index (Phi) is 5.04. The molecular weight excluding hydrogens is 282 g/mol. The second-order valence-electron chi connectivity index (χ2n) is 4.50. The van der Waals surface area contributed by atoms with Crippen LogP contribution in [0.3, 0.4) is 0 Å². The molecule has 1 unspecified atom stereocenters. The monoisotopic (exact) mass is 296 g/mol. The summed E-state index contributed by atoms with van der Waals surface area (Å²) in [6, 6.07) is 5.67. The van der Waals surface area contributed by atoms with E-state index in [1.54, 1.807) is 12.3 Å². The summed E-state index contributed by atoms with van der Waals surface area (Å²) in [7, 11) is 0. The molecule has 0 aliphatic heterocycles. The fraction of sp³-hybridized carbons (Fsp3) is 0.267. The Morgan fingerprint density at radius 1 is 1.20 bits per heavy atom. The summed E-state index contributed by atoms with van der Waals surface area (Å²) in [6.07, 6.45) is 3.63. The van der Waals surface area contributed by atoms with E-state index in [2.05, 4.69) is 10.3 Å². The SMILES string of the molecule is CCCNC(c1cncc(F)c1)c1ccc(Cl)c(F)c1. The molecule has 0 saturated heterocycles. The van der Waals surface area contributed by atoms with E-state index < -0.39 is 11.6 Å². The van der Waals surface area contributed by atoms with Gasteiger partial charge in [-0.25, -0.2) is 8.78 Å². The number of nitrogens with one attached hydrogen (secondary N) is 1. The number of hydrogen-bond donors (Lipinski definition) is 1. The predicted molar refractivity (Wildman–Crippen MR) is 75.7 cm³/mol. The summed E-state index contributed by atoms with van der Waals surface area (Å²) in [6.45, 7) is 2.75. The molecule has 106 valence electrons. The van der Waals surface area contributed by atoms with E-state index in [1.165, 1.54) is 18.2 Å². The van der Waals surface area contributed by atoms with E-state index >= 15 is 0 Å². The molecule has 1 aromatic carbocycles. The number of pyridine rings is 1. The summed E-state index contributed by atoms with van der Waals surface area (Å²) >= 11 is 5.69. The Morgan fingerprint density at radius 2 is 2.00 bits per heavy atom. The molecule has 0 aliphatic rings. The van der Waals surface area contributed by atoms with E-state index in [4.69, 9.17) is 11.6 Å². The van der Waals surface area contributed by atoms with Crippen LogP contribution in [0.4, 0.5) is 8.78 Å². The minimum Gasteiger partial charge on any atom is -0.306 e. The van der Waals surface area contributed by atoms with E-state index in [-0.39, 0.29) is 11.1 Å². The molecule has 1 aromatic heterocycles. The van der Waals surface area contributed by atoms with Gasteiger partial charge in [0.1, 0.15) is 11.6 Å². The van der Waals surface area contributed by atoms with Crippen LogP contribution in [0, 0.1) is 11.6 Å². The highest BCUT2D eigenvalue weighted by atomic mass is 35.5.